The number of rotatable bonds is 14. The number of nitrogens with zero attached hydrogens (tertiary/aromatic N) is 17. The molecule has 0 aromatic carbocycles. The Hall–Kier alpha value is -7.73. The molecule has 0 amide bonds. The maximum absolute atomic E-state index is 12.7. The molecule has 10 rings (SSSR count). The van der Waals surface area contributed by atoms with Crippen molar-refractivity contribution in [3.8, 4) is 50.8 Å². The Kier molecular flexibility index (Phi) is 27.5. The van der Waals surface area contributed by atoms with Gasteiger partial charge in [-0.05, 0) is 47.1 Å². The van der Waals surface area contributed by atoms with Crippen molar-refractivity contribution in [2.45, 2.75) is 31.2 Å². The number of hydrogen-bond acceptors (Lipinski definition) is 28. The summed E-state index contributed by atoms with van der Waals surface area (Å²) in [6, 6.07) is 6.83. The van der Waals surface area contributed by atoms with Crippen LogP contribution in [-0.2, 0) is 56.9 Å². The van der Waals surface area contributed by atoms with E-state index in [0.29, 0.717) is 90.4 Å². The molecule has 0 aliphatic rings. The Bertz CT molecular complexity index is 3510. The monoisotopic (exact) mass is 1410 g/mol. The van der Waals surface area contributed by atoms with Gasteiger partial charge in [0.05, 0.1) is 126 Å². The van der Waals surface area contributed by atoms with Crippen LogP contribution in [0.5, 0.6) is 29.4 Å². The minimum atomic E-state index is -4.70. The van der Waals surface area contributed by atoms with E-state index in [1.807, 2.05) is 6.92 Å². The Morgan fingerprint density at radius 3 is 1.37 bits per heavy atom. The molecule has 0 fully saturated rings. The number of aromatic nitrogens is 16. The van der Waals surface area contributed by atoms with Crippen molar-refractivity contribution < 1.29 is 91.8 Å². The fourth-order valence-electron chi connectivity index (χ4n) is 5.64. The van der Waals surface area contributed by atoms with Crippen LogP contribution in [0.15, 0.2) is 112 Å². The summed E-state index contributed by atoms with van der Waals surface area (Å²) in [4.78, 5) is 59.9. The number of thiophene rings is 2. The quantitative estimate of drug-likeness (QED) is 0.0581. The van der Waals surface area contributed by atoms with E-state index in [4.69, 9.17) is 29.4 Å². The number of ether oxygens (including phenoxy) is 5. The molecule has 84 heavy (non-hydrogen) atoms. The number of nitrogens with two attached hydrogens (primary N) is 1. The second kappa shape index (κ2) is 33.5. The van der Waals surface area contributed by atoms with Gasteiger partial charge >= 0.3 is 24.1 Å². The van der Waals surface area contributed by atoms with E-state index in [1.54, 1.807) is 79.7 Å². The van der Waals surface area contributed by atoms with Gasteiger partial charge in [-0.2, -0.15) is 56.2 Å². The predicted octanol–water partition coefficient (Wildman–Crippen LogP) is 9.72. The van der Waals surface area contributed by atoms with Gasteiger partial charge < -0.3 is 48.7 Å². The van der Waals surface area contributed by atoms with E-state index in [9.17, 15) is 26.3 Å². The Morgan fingerprint density at radius 1 is 0.536 bits per heavy atom. The Labute approximate surface area is 524 Å². The summed E-state index contributed by atoms with van der Waals surface area (Å²) in [6.07, 6.45) is 9.19. The minimum Gasteiger partial charge on any atom is -0.480 e. The number of anilines is 5. The van der Waals surface area contributed by atoms with Crippen LogP contribution in [0.1, 0.15) is 27.2 Å². The third kappa shape index (κ3) is 21.5. The molecule has 10 aromatic heterocycles. The van der Waals surface area contributed by atoms with Crippen LogP contribution in [0.3, 0.4) is 0 Å². The predicted molar refractivity (Wildman–Crippen MR) is 295 cm³/mol. The van der Waals surface area contributed by atoms with E-state index in [2.05, 4.69) is 126 Å². The van der Waals surface area contributed by atoms with Crippen molar-refractivity contribution in [3.05, 3.63) is 130 Å². The van der Waals surface area contributed by atoms with Gasteiger partial charge in [-0.3, -0.25) is 29.9 Å². The van der Waals surface area contributed by atoms with Gasteiger partial charge in [0.25, 0.3) is 0 Å². The Balaban J connectivity index is 0.000000244. The number of hydrogen-bond donors (Lipinski definition) is 2. The Morgan fingerprint density at radius 2 is 0.952 bits per heavy atom. The fraction of sp³-hybridized carbons (Fsp3) is 0.217. The standard InChI is InChI=1S/C18H14F3N7O2S.C10H11N5O2.C8H4BrF3N2OS.C5H5BrN2O.C5H7N3O.B.Y/c1-10-5-22-6-13(24-10)28(14-7-23-8-15(25-14)29-2)9-11-3-4-12(31-11)16-26-17(30-27-16)18(19,20)21;1-16-9-5-11-3-7(14-9)13-8-4-12-6-10(15-8)17-2;9-3-4-1-2-5(16-4)6-13-7(15-14-6)8(10,11)12;2*1-9-5-3-7-2-4(6)8-5;;/h3-8H,9H2,1-2H3;3-6H,1-2H3,(H,13,14,15);1-2H,3H2;2-3H,1H3;2-3H,1H3,(H2,6,8);;. The summed E-state index contributed by atoms with van der Waals surface area (Å²) >= 11 is 8.93. The number of nitrogens with one attached hydrogen (secondary N) is 1. The zero-order valence-corrected chi connectivity index (χ0v) is 51.8. The minimum absolute atomic E-state index is 0. The van der Waals surface area contributed by atoms with E-state index in [-0.39, 0.29) is 52.8 Å². The number of halogens is 8. The van der Waals surface area contributed by atoms with E-state index in [0.717, 1.165) is 9.75 Å². The van der Waals surface area contributed by atoms with Gasteiger partial charge in [-0.15, -0.1) is 22.7 Å². The molecular formula is C46H41BBr2F6N19O7S2Y. The number of nitrogen functional groups attached to an aromatic ring is 1. The fourth-order valence-corrected chi connectivity index (χ4v) is 8.17. The van der Waals surface area contributed by atoms with Gasteiger partial charge in [0, 0.05) is 62.4 Å². The molecule has 3 N–H and O–H groups in total. The van der Waals surface area contributed by atoms with Gasteiger partial charge in [-0.25, -0.2) is 9.97 Å². The molecule has 0 atom stereocenters. The molecule has 436 valence electrons. The van der Waals surface area contributed by atoms with Crippen molar-refractivity contribution in [2.24, 2.45) is 0 Å². The molecule has 26 nitrogen and oxygen atoms in total. The summed E-state index contributed by atoms with van der Waals surface area (Å²) in [5, 5.41) is 10.3. The molecule has 0 aliphatic carbocycles. The van der Waals surface area contributed by atoms with Crippen molar-refractivity contribution in [2.75, 3.05) is 51.5 Å². The molecule has 0 unspecified atom stereocenters. The van der Waals surface area contributed by atoms with E-state index < -0.39 is 24.1 Å². The maximum atomic E-state index is 12.7. The van der Waals surface area contributed by atoms with Crippen LogP contribution in [0.25, 0.3) is 21.4 Å². The zero-order chi connectivity index (χ0) is 59.2. The van der Waals surface area contributed by atoms with Crippen LogP contribution in [-0.4, -0.2) is 124 Å². The van der Waals surface area contributed by atoms with Crippen LogP contribution >= 0.6 is 54.5 Å². The van der Waals surface area contributed by atoms with Crippen LogP contribution in [0, 0.1) is 6.92 Å². The third-order valence-electron chi connectivity index (χ3n) is 9.18. The average Bonchev–Trinajstić information content (AvgIpc) is 4.32. The third-order valence-corrected chi connectivity index (χ3v) is 12.7. The summed E-state index contributed by atoms with van der Waals surface area (Å²) in [6.45, 7) is 2.11. The van der Waals surface area contributed by atoms with Crippen LogP contribution in [0.2, 0.25) is 0 Å². The summed E-state index contributed by atoms with van der Waals surface area (Å²) in [7, 11) is 7.61. The normalized spacial score (nSPS) is 10.5. The topological polar surface area (TPSA) is 320 Å². The van der Waals surface area contributed by atoms with Gasteiger partial charge in [0.15, 0.2) is 23.3 Å². The number of alkyl halides is 7. The largest absolute Gasteiger partial charge is 0.480 e. The summed E-state index contributed by atoms with van der Waals surface area (Å²) < 4.78 is 108. The van der Waals surface area contributed by atoms with Crippen LogP contribution in [0.4, 0.5) is 55.4 Å². The first-order valence-corrected chi connectivity index (χ1v) is 26.0. The molecule has 10 aromatic rings. The van der Waals surface area contributed by atoms with Crippen LogP contribution < -0.4 is 39.6 Å². The van der Waals surface area contributed by atoms with Crippen molar-refractivity contribution >= 4 is 92.0 Å². The number of methoxy groups -OCH3 is 5. The number of aryl methyl sites for hydroxylation is 1. The first-order chi connectivity index (χ1) is 39.3. The summed E-state index contributed by atoms with van der Waals surface area (Å²) in [5.41, 5.74) is 5.99. The van der Waals surface area contributed by atoms with Crippen molar-refractivity contribution in [3.63, 3.8) is 0 Å². The molecule has 0 saturated carbocycles. The molecule has 38 heteroatoms. The van der Waals surface area contributed by atoms with E-state index >= 15 is 0 Å². The van der Waals surface area contributed by atoms with Crippen molar-refractivity contribution in [1.29, 1.82) is 0 Å². The van der Waals surface area contributed by atoms with Gasteiger partial charge in [0.1, 0.15) is 10.4 Å². The maximum Gasteiger partial charge on any atom is 0.471 e. The smallest absolute Gasteiger partial charge is 0.471 e. The molecule has 10 heterocycles. The van der Waals surface area contributed by atoms with Gasteiger partial charge in [-0.1, -0.05) is 26.2 Å². The molecule has 0 saturated heterocycles. The van der Waals surface area contributed by atoms with E-state index in [1.165, 1.54) is 82.1 Å². The molecule has 4 radical (unpaired) electrons. The molecule has 0 bridgehead atoms. The second-order valence-electron chi connectivity index (χ2n) is 14.9. The molecular weight excluding hydrogens is 1370 g/mol. The first-order valence-electron chi connectivity index (χ1n) is 22.4. The van der Waals surface area contributed by atoms with Crippen molar-refractivity contribution in [1.82, 2.24) is 80.1 Å². The zero-order valence-electron chi connectivity index (χ0n) is 44.2. The molecule has 0 spiro atoms. The van der Waals surface area contributed by atoms with Gasteiger partial charge in [0.2, 0.25) is 41.0 Å². The first kappa shape index (κ1) is 68.8. The second-order valence-corrected chi connectivity index (χ2v) is 18.6. The average molecular weight is 1410 g/mol. The molecule has 0 aliphatic heterocycles. The summed E-state index contributed by atoms with van der Waals surface area (Å²) in [5.74, 6) is 1.64. The SMILES string of the molecule is COc1cncc(Br)n1.COc1cncc(N(Cc2ccc(-c3noc(C(F)(F)F)n3)s2)c2cncc(C)n2)n1.COc1cncc(N)n1.COc1cncc(Nc2cncc(OC)n2)n1.FC(F)(F)c1nc(-c2ccc(CBr)s2)no1.[B].[Y].